The SMILES string of the molecule is CCCCOc1ccc(Br)cc1/C=N\NC(=O)[C@H](CC(C)C)NC(=O)[C@@H](C)Oc1ccc(Cl)cc1Cl. The molecule has 10 heteroatoms. The maximum absolute atomic E-state index is 12.9. The van der Waals surface area contributed by atoms with Crippen molar-refractivity contribution in [2.24, 2.45) is 11.0 Å². The van der Waals surface area contributed by atoms with Crippen molar-refractivity contribution in [1.29, 1.82) is 0 Å². The van der Waals surface area contributed by atoms with Gasteiger partial charge in [0.2, 0.25) is 0 Å². The molecule has 0 aliphatic carbocycles. The normalized spacial score (nSPS) is 12.9. The highest BCUT2D eigenvalue weighted by Gasteiger charge is 2.25. The van der Waals surface area contributed by atoms with Gasteiger partial charge in [-0.2, -0.15) is 5.10 Å². The Balaban J connectivity index is 2.04. The molecule has 0 saturated heterocycles. The Morgan fingerprint density at radius 1 is 1.08 bits per heavy atom. The van der Waals surface area contributed by atoms with Crippen LogP contribution in [0.1, 0.15) is 52.5 Å². The van der Waals surface area contributed by atoms with Crippen LogP contribution in [-0.4, -0.2) is 36.8 Å². The summed E-state index contributed by atoms with van der Waals surface area (Å²) in [5.41, 5.74) is 3.24. The summed E-state index contributed by atoms with van der Waals surface area (Å²) >= 11 is 15.5. The van der Waals surface area contributed by atoms with Crippen molar-refractivity contribution in [1.82, 2.24) is 10.7 Å². The Labute approximate surface area is 231 Å². The van der Waals surface area contributed by atoms with Crippen LogP contribution >= 0.6 is 39.1 Å². The van der Waals surface area contributed by atoms with Crippen molar-refractivity contribution in [3.05, 3.63) is 56.5 Å². The van der Waals surface area contributed by atoms with Gasteiger partial charge in [0.15, 0.2) is 6.10 Å². The van der Waals surface area contributed by atoms with E-state index in [2.05, 4.69) is 38.7 Å². The molecule has 0 heterocycles. The van der Waals surface area contributed by atoms with Crippen LogP contribution in [0.25, 0.3) is 0 Å². The Hall–Kier alpha value is -2.29. The molecule has 2 atom stereocenters. The number of nitrogens with zero attached hydrogens (tertiary/aromatic N) is 1. The number of ether oxygens (including phenoxy) is 2. The van der Waals surface area contributed by atoms with Gasteiger partial charge in [-0.1, -0.05) is 66.3 Å². The fourth-order valence-corrected chi connectivity index (χ4v) is 3.96. The van der Waals surface area contributed by atoms with Crippen LogP contribution in [0.4, 0.5) is 0 Å². The Bertz CT molecular complexity index is 1070. The minimum Gasteiger partial charge on any atom is -0.493 e. The number of amides is 2. The Morgan fingerprint density at radius 3 is 2.47 bits per heavy atom. The molecule has 7 nitrogen and oxygen atoms in total. The topological polar surface area (TPSA) is 89.0 Å². The summed E-state index contributed by atoms with van der Waals surface area (Å²) in [5.74, 6) is 0.251. The summed E-state index contributed by atoms with van der Waals surface area (Å²) in [4.78, 5) is 25.7. The van der Waals surface area contributed by atoms with Gasteiger partial charge >= 0.3 is 0 Å². The van der Waals surface area contributed by atoms with Crippen molar-refractivity contribution in [2.45, 2.75) is 59.1 Å². The monoisotopic (exact) mass is 599 g/mol. The molecule has 2 amide bonds. The van der Waals surface area contributed by atoms with Crippen LogP contribution < -0.4 is 20.2 Å². The molecular formula is C26H32BrCl2N3O4. The number of benzene rings is 2. The van der Waals surface area contributed by atoms with Gasteiger partial charge in [0.1, 0.15) is 17.5 Å². The number of hydrazone groups is 1. The van der Waals surface area contributed by atoms with E-state index in [1.807, 2.05) is 32.0 Å². The average molecular weight is 601 g/mol. The molecular weight excluding hydrogens is 569 g/mol. The number of hydrogen-bond acceptors (Lipinski definition) is 5. The molecule has 0 radical (unpaired) electrons. The summed E-state index contributed by atoms with van der Waals surface area (Å²) < 4.78 is 12.3. The Morgan fingerprint density at radius 2 is 1.81 bits per heavy atom. The lowest BCUT2D eigenvalue weighted by molar-refractivity contribution is -0.132. The zero-order valence-corrected chi connectivity index (χ0v) is 23.9. The van der Waals surface area contributed by atoms with E-state index in [0.29, 0.717) is 40.1 Å². The minimum absolute atomic E-state index is 0.149. The molecule has 0 aliphatic rings. The molecule has 2 N–H and O–H groups in total. The first kappa shape index (κ1) is 29.9. The van der Waals surface area contributed by atoms with Crippen LogP contribution in [0, 0.1) is 5.92 Å². The van der Waals surface area contributed by atoms with E-state index in [1.54, 1.807) is 19.1 Å². The second kappa shape index (κ2) is 15.1. The number of nitrogens with one attached hydrogen (secondary N) is 2. The largest absolute Gasteiger partial charge is 0.493 e. The maximum atomic E-state index is 12.9. The third kappa shape index (κ3) is 9.99. The zero-order chi connectivity index (χ0) is 26.7. The number of carbonyl (C=O) groups is 2. The molecule has 2 rings (SSSR count). The van der Waals surface area contributed by atoms with E-state index in [1.165, 1.54) is 12.3 Å². The van der Waals surface area contributed by atoms with Crippen LogP contribution in [-0.2, 0) is 9.59 Å². The van der Waals surface area contributed by atoms with Crippen molar-refractivity contribution >= 4 is 57.2 Å². The molecule has 0 saturated carbocycles. The van der Waals surface area contributed by atoms with Gasteiger partial charge in [-0.15, -0.1) is 0 Å². The second-order valence-electron chi connectivity index (χ2n) is 8.64. The number of carbonyl (C=O) groups excluding carboxylic acids is 2. The highest BCUT2D eigenvalue weighted by atomic mass is 79.9. The van der Waals surface area contributed by atoms with Crippen molar-refractivity contribution in [2.75, 3.05) is 6.61 Å². The molecule has 0 fully saturated rings. The predicted molar refractivity (Wildman–Crippen MR) is 148 cm³/mol. The van der Waals surface area contributed by atoms with E-state index in [-0.39, 0.29) is 5.92 Å². The first-order valence-electron chi connectivity index (χ1n) is 11.8. The predicted octanol–water partition coefficient (Wildman–Crippen LogP) is 6.38. The molecule has 0 aromatic heterocycles. The minimum atomic E-state index is -0.890. The lowest BCUT2D eigenvalue weighted by Gasteiger charge is -2.22. The summed E-state index contributed by atoms with van der Waals surface area (Å²) in [6.45, 7) is 8.19. The van der Waals surface area contributed by atoms with Gasteiger partial charge in [-0.3, -0.25) is 9.59 Å². The van der Waals surface area contributed by atoms with E-state index in [9.17, 15) is 9.59 Å². The number of rotatable bonds is 13. The van der Waals surface area contributed by atoms with E-state index in [0.717, 1.165) is 17.3 Å². The van der Waals surface area contributed by atoms with Gasteiger partial charge in [-0.05, 0) is 62.1 Å². The van der Waals surface area contributed by atoms with Gasteiger partial charge in [-0.25, -0.2) is 5.43 Å². The lowest BCUT2D eigenvalue weighted by atomic mass is 10.0. The second-order valence-corrected chi connectivity index (χ2v) is 10.4. The van der Waals surface area contributed by atoms with Crippen LogP contribution in [0.3, 0.4) is 0 Å². The summed E-state index contributed by atoms with van der Waals surface area (Å²) in [6, 6.07) is 9.51. The Kier molecular flexibility index (Phi) is 12.5. The van der Waals surface area contributed by atoms with Crippen LogP contribution in [0.2, 0.25) is 10.0 Å². The summed E-state index contributed by atoms with van der Waals surface area (Å²) in [5, 5.41) is 7.60. The average Bonchev–Trinajstić information content (AvgIpc) is 2.81. The maximum Gasteiger partial charge on any atom is 0.262 e. The molecule has 196 valence electrons. The van der Waals surface area contributed by atoms with Crippen molar-refractivity contribution in [3.63, 3.8) is 0 Å². The van der Waals surface area contributed by atoms with E-state index in [4.69, 9.17) is 32.7 Å². The fraction of sp³-hybridized carbons (Fsp3) is 0.423. The molecule has 0 spiro atoms. The third-order valence-corrected chi connectivity index (χ3v) is 6.04. The quantitative estimate of drug-likeness (QED) is 0.158. The van der Waals surface area contributed by atoms with Crippen molar-refractivity contribution < 1.29 is 19.1 Å². The first-order chi connectivity index (χ1) is 17.1. The summed E-state index contributed by atoms with van der Waals surface area (Å²) in [6.07, 6.45) is 3.01. The smallest absolute Gasteiger partial charge is 0.262 e. The lowest BCUT2D eigenvalue weighted by Crippen LogP contribution is -2.49. The van der Waals surface area contributed by atoms with Gasteiger partial charge in [0, 0.05) is 15.1 Å². The number of unbranched alkanes of at least 4 members (excludes halogenated alkanes) is 1. The summed E-state index contributed by atoms with van der Waals surface area (Å²) in [7, 11) is 0. The molecule has 2 aromatic carbocycles. The van der Waals surface area contributed by atoms with E-state index >= 15 is 0 Å². The van der Waals surface area contributed by atoms with Gasteiger partial charge in [0.05, 0.1) is 17.8 Å². The zero-order valence-electron chi connectivity index (χ0n) is 20.8. The molecule has 0 bridgehead atoms. The number of hydrogen-bond donors (Lipinski definition) is 2. The molecule has 0 unspecified atom stereocenters. The highest BCUT2D eigenvalue weighted by molar-refractivity contribution is 9.10. The molecule has 36 heavy (non-hydrogen) atoms. The first-order valence-corrected chi connectivity index (χ1v) is 13.3. The number of halogens is 3. The van der Waals surface area contributed by atoms with Crippen molar-refractivity contribution in [3.8, 4) is 11.5 Å². The van der Waals surface area contributed by atoms with Crippen LogP contribution in [0.15, 0.2) is 46.0 Å². The standard InChI is InChI=1S/C26H32BrCl2N3O4/c1-5-6-11-35-23-9-7-19(27)13-18(23)15-30-32-26(34)22(12-16(2)3)31-25(33)17(4)36-24-10-8-20(28)14-21(24)29/h7-10,13-17,22H,5-6,11-12H2,1-4H3,(H,31,33)(H,32,34)/b30-15-/t17-,22+/m1/s1. The van der Waals surface area contributed by atoms with E-state index < -0.39 is 24.0 Å². The van der Waals surface area contributed by atoms with Crippen LogP contribution in [0.5, 0.6) is 11.5 Å². The highest BCUT2D eigenvalue weighted by Crippen LogP contribution is 2.28. The van der Waals surface area contributed by atoms with Gasteiger partial charge < -0.3 is 14.8 Å². The fourth-order valence-electron chi connectivity index (χ4n) is 3.13. The molecule has 0 aliphatic heterocycles. The third-order valence-electron chi connectivity index (χ3n) is 5.01. The molecule has 2 aromatic rings. The van der Waals surface area contributed by atoms with Gasteiger partial charge in [0.25, 0.3) is 11.8 Å².